The molecule has 0 aliphatic carbocycles. The summed E-state index contributed by atoms with van der Waals surface area (Å²) in [5.41, 5.74) is 7.63. The van der Waals surface area contributed by atoms with Crippen molar-refractivity contribution in [2.24, 2.45) is 11.7 Å². The maximum Gasteiger partial charge on any atom is 0.320 e. The number of hydrogen-bond donors (Lipinski definition) is 1. The molecule has 2 N–H and O–H groups in total. The van der Waals surface area contributed by atoms with Gasteiger partial charge in [-0.25, -0.2) is 0 Å². The lowest BCUT2D eigenvalue weighted by Gasteiger charge is -2.37. The molecule has 172 valence electrons. The van der Waals surface area contributed by atoms with E-state index in [1.165, 1.54) is 5.56 Å². The van der Waals surface area contributed by atoms with Crippen LogP contribution in [-0.2, 0) is 20.9 Å². The summed E-state index contributed by atoms with van der Waals surface area (Å²) in [7, 11) is 0. The zero-order chi connectivity index (χ0) is 23.3. The van der Waals surface area contributed by atoms with Crippen molar-refractivity contribution in [2.45, 2.75) is 39.0 Å². The predicted octanol–water partition coefficient (Wildman–Crippen LogP) is 3.64. The van der Waals surface area contributed by atoms with Crippen LogP contribution in [0.2, 0.25) is 5.02 Å². The topological polar surface area (TPSA) is 75.9 Å². The third-order valence-electron chi connectivity index (χ3n) is 5.47. The Morgan fingerprint density at radius 3 is 2.16 bits per heavy atom. The van der Waals surface area contributed by atoms with Gasteiger partial charge in [0.2, 0.25) is 5.91 Å². The summed E-state index contributed by atoms with van der Waals surface area (Å²) >= 11 is 5.99. The van der Waals surface area contributed by atoms with Gasteiger partial charge in [0.25, 0.3) is 0 Å². The molecule has 0 spiro atoms. The number of carbonyl (C=O) groups is 2. The average molecular weight is 458 g/mol. The molecular weight excluding hydrogens is 426 g/mol. The molecule has 1 amide bonds. The van der Waals surface area contributed by atoms with E-state index in [1.807, 2.05) is 18.2 Å². The number of carbonyl (C=O) groups excluding carboxylic acids is 2. The fraction of sp³-hybridized carbons (Fsp3) is 0.440. The summed E-state index contributed by atoms with van der Waals surface area (Å²) in [5.74, 6) is -2.01. The monoisotopic (exact) mass is 457 g/mol. The second-order valence-corrected chi connectivity index (χ2v) is 9.61. The molecule has 1 saturated heterocycles. The number of nitrogens with two attached hydrogens (primary N) is 1. The fourth-order valence-electron chi connectivity index (χ4n) is 3.81. The van der Waals surface area contributed by atoms with Crippen molar-refractivity contribution < 1.29 is 14.3 Å². The number of nitrogens with zero attached hydrogens (tertiary/aromatic N) is 2. The summed E-state index contributed by atoms with van der Waals surface area (Å²) in [4.78, 5) is 30.6. The normalized spacial score (nSPS) is 17.0. The van der Waals surface area contributed by atoms with Crippen molar-refractivity contribution >= 4 is 23.5 Å². The standard InChI is InChI=1S/C25H32ClN3O3/c1-25(2,3)32-24(31)21(22(27)19-9-11-20(26)12-10-19)23(30)29-15-13-28(14-16-29)17-18-7-5-4-6-8-18/h4-12,21-22H,13-17,27H2,1-3H3. The van der Waals surface area contributed by atoms with Crippen LogP contribution in [0.1, 0.15) is 37.9 Å². The Labute approximate surface area is 195 Å². The van der Waals surface area contributed by atoms with Crippen LogP contribution >= 0.6 is 11.6 Å². The number of esters is 1. The van der Waals surface area contributed by atoms with Crippen molar-refractivity contribution in [1.29, 1.82) is 0 Å². The summed E-state index contributed by atoms with van der Waals surface area (Å²) in [6.07, 6.45) is 0. The van der Waals surface area contributed by atoms with E-state index >= 15 is 0 Å². The second kappa shape index (κ2) is 10.5. The van der Waals surface area contributed by atoms with Crippen LogP contribution in [0.3, 0.4) is 0 Å². The van der Waals surface area contributed by atoms with Gasteiger partial charge in [0, 0.05) is 37.7 Å². The van der Waals surface area contributed by atoms with E-state index in [2.05, 4.69) is 17.0 Å². The van der Waals surface area contributed by atoms with E-state index in [4.69, 9.17) is 22.1 Å². The molecule has 1 aliphatic heterocycles. The largest absolute Gasteiger partial charge is 0.459 e. The van der Waals surface area contributed by atoms with Crippen LogP contribution in [0.4, 0.5) is 0 Å². The highest BCUT2D eigenvalue weighted by molar-refractivity contribution is 6.30. The predicted molar refractivity (Wildman–Crippen MR) is 126 cm³/mol. The zero-order valence-electron chi connectivity index (χ0n) is 19.0. The highest BCUT2D eigenvalue weighted by Crippen LogP contribution is 2.27. The molecule has 3 rings (SSSR count). The van der Waals surface area contributed by atoms with Crippen LogP contribution < -0.4 is 5.73 Å². The summed E-state index contributed by atoms with van der Waals surface area (Å²) in [6, 6.07) is 16.3. The van der Waals surface area contributed by atoms with E-state index in [-0.39, 0.29) is 5.91 Å². The van der Waals surface area contributed by atoms with Crippen LogP contribution in [0.25, 0.3) is 0 Å². The lowest BCUT2D eigenvalue weighted by atomic mass is 9.92. The Hall–Kier alpha value is -2.41. The van der Waals surface area contributed by atoms with Crippen LogP contribution in [-0.4, -0.2) is 53.5 Å². The van der Waals surface area contributed by atoms with Crippen LogP contribution in [0.15, 0.2) is 54.6 Å². The van der Waals surface area contributed by atoms with Crippen molar-refractivity contribution in [3.63, 3.8) is 0 Å². The average Bonchev–Trinajstić information content (AvgIpc) is 2.74. The molecule has 1 heterocycles. The number of halogens is 1. The van der Waals surface area contributed by atoms with E-state index in [0.717, 1.165) is 19.6 Å². The molecule has 1 fully saturated rings. The quantitative estimate of drug-likeness (QED) is 0.529. The minimum absolute atomic E-state index is 0.291. The molecule has 0 aromatic heterocycles. The van der Waals surface area contributed by atoms with Gasteiger partial charge in [0.15, 0.2) is 5.92 Å². The SMILES string of the molecule is CC(C)(C)OC(=O)C(C(=O)N1CCN(Cc2ccccc2)CC1)C(N)c1ccc(Cl)cc1. The van der Waals surface area contributed by atoms with Gasteiger partial charge in [0.1, 0.15) is 5.60 Å². The molecule has 0 radical (unpaired) electrons. The highest BCUT2D eigenvalue weighted by atomic mass is 35.5. The first-order valence-electron chi connectivity index (χ1n) is 10.9. The number of benzene rings is 2. The van der Waals surface area contributed by atoms with E-state index in [1.54, 1.807) is 49.9 Å². The molecule has 7 heteroatoms. The highest BCUT2D eigenvalue weighted by Gasteiger charge is 2.40. The van der Waals surface area contributed by atoms with Gasteiger partial charge in [-0.3, -0.25) is 14.5 Å². The van der Waals surface area contributed by atoms with Gasteiger partial charge in [-0.2, -0.15) is 0 Å². The van der Waals surface area contributed by atoms with Crippen molar-refractivity contribution in [3.05, 3.63) is 70.7 Å². The molecule has 2 aromatic carbocycles. The first kappa shape index (κ1) is 24.2. The summed E-state index contributed by atoms with van der Waals surface area (Å²) in [6.45, 7) is 8.72. The first-order chi connectivity index (χ1) is 15.1. The molecule has 6 nitrogen and oxygen atoms in total. The van der Waals surface area contributed by atoms with E-state index in [0.29, 0.717) is 23.7 Å². The number of piperazine rings is 1. The van der Waals surface area contributed by atoms with Gasteiger partial charge >= 0.3 is 5.97 Å². The Balaban J connectivity index is 1.72. The first-order valence-corrected chi connectivity index (χ1v) is 11.3. The van der Waals surface area contributed by atoms with Gasteiger partial charge < -0.3 is 15.4 Å². The number of rotatable bonds is 6. The maximum absolute atomic E-state index is 13.5. The molecule has 2 aromatic rings. The summed E-state index contributed by atoms with van der Waals surface area (Å²) < 4.78 is 5.58. The lowest BCUT2D eigenvalue weighted by Crippen LogP contribution is -2.53. The Bertz CT molecular complexity index is 904. The Morgan fingerprint density at radius 2 is 1.59 bits per heavy atom. The van der Waals surface area contributed by atoms with E-state index in [9.17, 15) is 9.59 Å². The van der Waals surface area contributed by atoms with Crippen LogP contribution in [0.5, 0.6) is 0 Å². The Morgan fingerprint density at radius 1 is 1.00 bits per heavy atom. The minimum Gasteiger partial charge on any atom is -0.459 e. The molecule has 2 unspecified atom stereocenters. The Kier molecular flexibility index (Phi) is 7.93. The third-order valence-corrected chi connectivity index (χ3v) is 5.73. The smallest absolute Gasteiger partial charge is 0.320 e. The van der Waals surface area contributed by atoms with Crippen molar-refractivity contribution in [1.82, 2.24) is 9.80 Å². The summed E-state index contributed by atoms with van der Waals surface area (Å²) in [5, 5.41) is 0.565. The van der Waals surface area contributed by atoms with Crippen LogP contribution in [0, 0.1) is 5.92 Å². The molecule has 0 saturated carbocycles. The van der Waals surface area contributed by atoms with Gasteiger partial charge in [0.05, 0.1) is 6.04 Å². The van der Waals surface area contributed by atoms with Gasteiger partial charge in [-0.05, 0) is 44.0 Å². The molecule has 32 heavy (non-hydrogen) atoms. The molecular formula is C25H32ClN3O3. The minimum atomic E-state index is -1.11. The second-order valence-electron chi connectivity index (χ2n) is 9.18. The molecule has 0 bridgehead atoms. The number of hydrogen-bond acceptors (Lipinski definition) is 5. The molecule has 2 atom stereocenters. The van der Waals surface area contributed by atoms with Gasteiger partial charge in [-0.1, -0.05) is 54.1 Å². The number of ether oxygens (including phenoxy) is 1. The fourth-order valence-corrected chi connectivity index (χ4v) is 3.93. The molecule has 1 aliphatic rings. The number of amides is 1. The lowest BCUT2D eigenvalue weighted by molar-refractivity contribution is -0.166. The van der Waals surface area contributed by atoms with Gasteiger partial charge in [-0.15, -0.1) is 0 Å². The zero-order valence-corrected chi connectivity index (χ0v) is 19.7. The van der Waals surface area contributed by atoms with Crippen molar-refractivity contribution in [3.8, 4) is 0 Å². The third kappa shape index (κ3) is 6.55. The van der Waals surface area contributed by atoms with Crippen molar-refractivity contribution in [2.75, 3.05) is 26.2 Å². The van der Waals surface area contributed by atoms with E-state index < -0.39 is 23.5 Å². The maximum atomic E-state index is 13.5.